The molecule has 0 aliphatic carbocycles. The lowest BCUT2D eigenvalue weighted by Crippen LogP contribution is -2.16. The summed E-state index contributed by atoms with van der Waals surface area (Å²) >= 11 is 0. The first-order valence-corrected chi connectivity index (χ1v) is 15.2. The average Bonchev–Trinajstić information content (AvgIpc) is 3.06. The summed E-state index contributed by atoms with van der Waals surface area (Å²) in [5.74, 6) is 3.05. The van der Waals surface area contributed by atoms with Crippen molar-refractivity contribution in [3.8, 4) is 40.2 Å². The number of Topliss-reactive ketones (excluding diaryl/α,β-unsaturated/α-hetero) is 1. The lowest BCUT2D eigenvalue weighted by Gasteiger charge is -2.20. The Hall–Kier alpha value is -5.06. The highest BCUT2D eigenvalue weighted by molar-refractivity contribution is 5.75. The molecule has 7 heteroatoms. The molecule has 1 N–H and O–H groups in total. The van der Waals surface area contributed by atoms with Gasteiger partial charge in [0, 0.05) is 30.2 Å². The molecule has 4 aromatic rings. The molecule has 1 heterocycles. The van der Waals surface area contributed by atoms with Gasteiger partial charge in [-0.15, -0.1) is 0 Å². The number of fused-ring (bicyclic) bond motifs is 1. The van der Waals surface area contributed by atoms with E-state index in [1.54, 1.807) is 19.1 Å². The third-order valence-electron chi connectivity index (χ3n) is 7.74. The van der Waals surface area contributed by atoms with Crippen LogP contribution >= 0.6 is 0 Å². The molecule has 0 fully saturated rings. The Labute approximate surface area is 265 Å². The number of hydrogen-bond donors (Lipinski definition) is 1. The summed E-state index contributed by atoms with van der Waals surface area (Å²) in [7, 11) is 0. The minimum atomic E-state index is 0.183. The smallest absolute Gasteiger partial charge is 0.161 e. The van der Waals surface area contributed by atoms with Gasteiger partial charge in [-0.05, 0) is 85.0 Å². The van der Waals surface area contributed by atoms with Gasteiger partial charge in [-0.2, -0.15) is 5.26 Å². The largest absolute Gasteiger partial charge is 0.488 e. The zero-order chi connectivity index (χ0) is 31.6. The second-order valence-corrected chi connectivity index (χ2v) is 11.0. The predicted molar refractivity (Wildman–Crippen MR) is 176 cm³/mol. The van der Waals surface area contributed by atoms with Crippen molar-refractivity contribution in [3.63, 3.8) is 0 Å². The molecule has 5 rings (SSSR count). The molecule has 1 aliphatic heterocycles. The van der Waals surface area contributed by atoms with E-state index in [1.165, 1.54) is 0 Å². The fourth-order valence-electron chi connectivity index (χ4n) is 5.28. The molecule has 0 radical (unpaired) electrons. The van der Waals surface area contributed by atoms with E-state index in [0.717, 1.165) is 56.9 Å². The third-order valence-corrected chi connectivity index (χ3v) is 7.74. The van der Waals surface area contributed by atoms with E-state index in [4.69, 9.17) is 18.9 Å². The van der Waals surface area contributed by atoms with Gasteiger partial charge in [0.05, 0.1) is 11.6 Å². The number of rotatable bonds is 14. The number of ketones is 1. The number of nitriles is 1. The average molecular weight is 603 g/mol. The van der Waals surface area contributed by atoms with Crippen LogP contribution in [0.1, 0.15) is 53.1 Å². The molecule has 0 spiro atoms. The summed E-state index contributed by atoms with van der Waals surface area (Å²) in [6.45, 7) is 10.8. The van der Waals surface area contributed by atoms with Crippen molar-refractivity contribution in [2.24, 2.45) is 0 Å². The van der Waals surface area contributed by atoms with Crippen LogP contribution < -0.4 is 24.3 Å². The number of ether oxygens (including phenoxy) is 4. The highest BCUT2D eigenvalue weighted by atomic mass is 16.6. The fraction of sp³-hybridized carbons (Fsp3) is 0.263. The Balaban J connectivity index is 1.36. The fourth-order valence-corrected chi connectivity index (χ4v) is 5.28. The Morgan fingerprint density at radius 1 is 0.956 bits per heavy atom. The first-order valence-electron chi connectivity index (χ1n) is 15.2. The Bertz CT molecular complexity index is 1720. The minimum absolute atomic E-state index is 0.183. The van der Waals surface area contributed by atoms with Gasteiger partial charge in [-0.1, -0.05) is 49.1 Å². The molecule has 0 saturated carbocycles. The summed E-state index contributed by atoms with van der Waals surface area (Å²) in [5, 5.41) is 12.7. The van der Waals surface area contributed by atoms with Gasteiger partial charge in [0.15, 0.2) is 11.5 Å². The van der Waals surface area contributed by atoms with Crippen molar-refractivity contribution in [1.82, 2.24) is 5.32 Å². The molecule has 0 atom stereocenters. The molecule has 4 aromatic carbocycles. The maximum Gasteiger partial charge on any atom is 0.161 e. The van der Waals surface area contributed by atoms with E-state index in [-0.39, 0.29) is 5.78 Å². The van der Waals surface area contributed by atoms with Crippen LogP contribution in [-0.2, 0) is 24.6 Å². The van der Waals surface area contributed by atoms with Crippen LogP contribution in [0.25, 0.3) is 17.2 Å². The van der Waals surface area contributed by atoms with Crippen molar-refractivity contribution < 1.29 is 23.7 Å². The SMILES string of the molecule is C=Cc1cc(CNCCCC(C)=O)c(OCc2cccc(C#N)c2)cc1OCc1cccc(-c2ccc3c(c2)OCCO3)c1C. The lowest BCUT2D eigenvalue weighted by molar-refractivity contribution is -0.117. The zero-order valence-corrected chi connectivity index (χ0v) is 25.9. The van der Waals surface area contributed by atoms with Crippen LogP contribution in [0.15, 0.2) is 79.4 Å². The molecule has 230 valence electrons. The van der Waals surface area contributed by atoms with E-state index in [1.807, 2.05) is 48.5 Å². The lowest BCUT2D eigenvalue weighted by atomic mass is 9.96. The highest BCUT2D eigenvalue weighted by Crippen LogP contribution is 2.37. The summed E-state index contributed by atoms with van der Waals surface area (Å²) in [4.78, 5) is 11.3. The monoisotopic (exact) mass is 602 g/mol. The van der Waals surface area contributed by atoms with E-state index in [9.17, 15) is 10.1 Å². The van der Waals surface area contributed by atoms with Gasteiger partial charge in [-0.3, -0.25) is 0 Å². The van der Waals surface area contributed by atoms with Crippen molar-refractivity contribution in [3.05, 3.63) is 113 Å². The molecule has 7 nitrogen and oxygen atoms in total. The van der Waals surface area contributed by atoms with Crippen LogP contribution in [0.2, 0.25) is 0 Å². The summed E-state index contributed by atoms with van der Waals surface area (Å²) in [5.41, 5.74) is 7.63. The van der Waals surface area contributed by atoms with Crippen LogP contribution in [0.5, 0.6) is 23.0 Å². The van der Waals surface area contributed by atoms with Gasteiger partial charge >= 0.3 is 0 Å². The quantitative estimate of drug-likeness (QED) is 0.149. The zero-order valence-electron chi connectivity index (χ0n) is 25.9. The third kappa shape index (κ3) is 8.11. The number of benzene rings is 4. The molecule has 45 heavy (non-hydrogen) atoms. The van der Waals surface area contributed by atoms with Gasteiger partial charge in [0.1, 0.15) is 43.7 Å². The number of nitrogens with one attached hydrogen (secondary N) is 1. The Morgan fingerprint density at radius 2 is 1.76 bits per heavy atom. The highest BCUT2D eigenvalue weighted by Gasteiger charge is 2.16. The minimum Gasteiger partial charge on any atom is -0.488 e. The molecule has 0 aromatic heterocycles. The molecule has 0 amide bonds. The van der Waals surface area contributed by atoms with Crippen LogP contribution in [0, 0.1) is 18.3 Å². The van der Waals surface area contributed by atoms with Gasteiger partial charge in [0.2, 0.25) is 0 Å². The van der Waals surface area contributed by atoms with Gasteiger partial charge < -0.3 is 29.1 Å². The van der Waals surface area contributed by atoms with Crippen LogP contribution in [-0.4, -0.2) is 25.5 Å². The normalized spacial score (nSPS) is 11.8. The topological polar surface area (TPSA) is 89.8 Å². The summed E-state index contributed by atoms with van der Waals surface area (Å²) in [6, 6.07) is 25.8. The Morgan fingerprint density at radius 3 is 2.56 bits per heavy atom. The number of nitrogens with zero attached hydrogens (tertiary/aromatic N) is 1. The molecular weight excluding hydrogens is 564 g/mol. The first-order chi connectivity index (χ1) is 21.9. The number of hydrogen-bond acceptors (Lipinski definition) is 7. The number of carbonyl (C=O) groups excluding carboxylic acids is 1. The van der Waals surface area contributed by atoms with Crippen LogP contribution in [0.3, 0.4) is 0 Å². The van der Waals surface area contributed by atoms with Crippen molar-refractivity contribution >= 4 is 11.9 Å². The van der Waals surface area contributed by atoms with E-state index < -0.39 is 0 Å². The number of carbonyl (C=O) groups is 1. The molecule has 1 aliphatic rings. The molecule has 0 unspecified atom stereocenters. The van der Waals surface area contributed by atoms with Gasteiger partial charge in [-0.25, -0.2) is 0 Å². The molecule has 0 saturated heterocycles. The molecular formula is C38H38N2O5. The predicted octanol–water partition coefficient (Wildman–Crippen LogP) is 7.56. The van der Waals surface area contributed by atoms with E-state index >= 15 is 0 Å². The Kier molecular flexibility index (Phi) is 10.5. The summed E-state index contributed by atoms with van der Waals surface area (Å²) < 4.78 is 24.3. The van der Waals surface area contributed by atoms with Crippen molar-refractivity contribution in [2.75, 3.05) is 19.8 Å². The van der Waals surface area contributed by atoms with E-state index in [2.05, 4.69) is 43.1 Å². The standard InChI is InChI=1S/C38H38N2O5/c1-4-30-19-33(23-40-15-7-8-26(2)41)37(44-24-29-10-5-9-28(18-29)22-39)21-36(30)45-25-32-11-6-12-34(27(32)3)31-13-14-35-38(20-31)43-17-16-42-35/h4-6,9-14,18-21,40H,1,7-8,15-17,23-25H2,2-3H3. The summed E-state index contributed by atoms with van der Waals surface area (Å²) in [6.07, 6.45) is 3.10. The maximum atomic E-state index is 11.3. The first kappa shape index (κ1) is 31.4. The van der Waals surface area contributed by atoms with Crippen LogP contribution in [0.4, 0.5) is 0 Å². The maximum absolute atomic E-state index is 11.3. The molecule has 0 bridgehead atoms. The van der Waals surface area contributed by atoms with Crippen molar-refractivity contribution in [1.29, 1.82) is 5.26 Å². The van der Waals surface area contributed by atoms with Crippen molar-refractivity contribution in [2.45, 2.75) is 46.4 Å². The second-order valence-electron chi connectivity index (χ2n) is 11.0. The second kappa shape index (κ2) is 15.1. The van der Waals surface area contributed by atoms with E-state index in [0.29, 0.717) is 63.0 Å². The van der Waals surface area contributed by atoms with Gasteiger partial charge in [0.25, 0.3) is 0 Å².